The van der Waals surface area contributed by atoms with Crippen LogP contribution in [0.25, 0.3) is 0 Å². The van der Waals surface area contributed by atoms with Gasteiger partial charge in [0.25, 0.3) is 11.8 Å². The predicted molar refractivity (Wildman–Crippen MR) is 104 cm³/mol. The third kappa shape index (κ3) is 5.56. The molecule has 7 heteroatoms. The lowest BCUT2D eigenvalue weighted by molar-refractivity contribution is -0.119. The summed E-state index contributed by atoms with van der Waals surface area (Å²) in [5, 5.41) is 2.87. The Kier molecular flexibility index (Phi) is 7.37. The Morgan fingerprint density at radius 3 is 2.41 bits per heavy atom. The third-order valence-electron chi connectivity index (χ3n) is 3.87. The van der Waals surface area contributed by atoms with Crippen molar-refractivity contribution in [3.8, 4) is 0 Å². The topological polar surface area (TPSA) is 75.7 Å². The van der Waals surface area contributed by atoms with Crippen LogP contribution in [0.3, 0.4) is 0 Å². The molecule has 0 atom stereocenters. The SMILES string of the molecule is CCN(CC)C(=O)c1cccc(NC(=O)COC(=O)c2ccccc2Cl)c1. The molecular formula is C20H21ClN2O4. The third-order valence-corrected chi connectivity index (χ3v) is 4.20. The second kappa shape index (κ2) is 9.73. The van der Waals surface area contributed by atoms with Crippen LogP contribution in [0.2, 0.25) is 5.02 Å². The van der Waals surface area contributed by atoms with Crippen molar-refractivity contribution in [3.63, 3.8) is 0 Å². The van der Waals surface area contributed by atoms with E-state index < -0.39 is 18.5 Å². The van der Waals surface area contributed by atoms with Gasteiger partial charge in [0, 0.05) is 24.3 Å². The van der Waals surface area contributed by atoms with E-state index in [0.717, 1.165) is 0 Å². The van der Waals surface area contributed by atoms with Gasteiger partial charge in [-0.15, -0.1) is 0 Å². The maximum atomic E-state index is 12.4. The van der Waals surface area contributed by atoms with Crippen LogP contribution in [-0.4, -0.2) is 42.4 Å². The van der Waals surface area contributed by atoms with Crippen LogP contribution >= 0.6 is 11.6 Å². The van der Waals surface area contributed by atoms with Crippen LogP contribution in [0.5, 0.6) is 0 Å². The van der Waals surface area contributed by atoms with Crippen LogP contribution < -0.4 is 5.32 Å². The smallest absolute Gasteiger partial charge is 0.340 e. The van der Waals surface area contributed by atoms with Gasteiger partial charge in [-0.05, 0) is 44.2 Å². The highest BCUT2D eigenvalue weighted by Crippen LogP contribution is 2.16. The minimum atomic E-state index is -0.679. The van der Waals surface area contributed by atoms with Crippen molar-refractivity contribution in [3.05, 3.63) is 64.7 Å². The molecule has 0 bridgehead atoms. The minimum absolute atomic E-state index is 0.110. The molecule has 0 saturated carbocycles. The van der Waals surface area contributed by atoms with Gasteiger partial charge in [0.1, 0.15) is 0 Å². The van der Waals surface area contributed by atoms with Gasteiger partial charge in [-0.2, -0.15) is 0 Å². The zero-order valence-corrected chi connectivity index (χ0v) is 16.0. The van der Waals surface area contributed by atoms with Crippen molar-refractivity contribution in [2.45, 2.75) is 13.8 Å². The molecule has 2 aromatic carbocycles. The van der Waals surface area contributed by atoms with Gasteiger partial charge in [0.2, 0.25) is 0 Å². The average Bonchev–Trinajstić information content (AvgIpc) is 2.67. The molecule has 0 heterocycles. The Morgan fingerprint density at radius 2 is 1.74 bits per heavy atom. The standard InChI is InChI=1S/C20H21ClN2O4/c1-3-23(4-2)19(25)14-8-7-9-15(12-14)22-18(24)13-27-20(26)16-10-5-6-11-17(16)21/h5-12H,3-4,13H2,1-2H3,(H,22,24). The molecule has 0 unspecified atom stereocenters. The lowest BCUT2D eigenvalue weighted by Crippen LogP contribution is -2.30. The number of nitrogens with one attached hydrogen (secondary N) is 1. The number of nitrogens with zero attached hydrogens (tertiary/aromatic N) is 1. The zero-order chi connectivity index (χ0) is 19.8. The van der Waals surface area contributed by atoms with Crippen molar-refractivity contribution in [1.29, 1.82) is 0 Å². The molecule has 2 rings (SSSR count). The Bertz CT molecular complexity index is 834. The highest BCUT2D eigenvalue weighted by atomic mass is 35.5. The van der Waals surface area contributed by atoms with Crippen LogP contribution in [0.4, 0.5) is 5.69 Å². The van der Waals surface area contributed by atoms with Crippen LogP contribution in [-0.2, 0) is 9.53 Å². The first-order valence-corrected chi connectivity index (χ1v) is 8.94. The fraction of sp³-hybridized carbons (Fsp3) is 0.250. The number of rotatable bonds is 7. The van der Waals surface area contributed by atoms with Crippen molar-refractivity contribution < 1.29 is 19.1 Å². The maximum Gasteiger partial charge on any atom is 0.340 e. The summed E-state index contributed by atoms with van der Waals surface area (Å²) in [7, 11) is 0. The monoisotopic (exact) mass is 388 g/mol. The zero-order valence-electron chi connectivity index (χ0n) is 15.2. The molecule has 0 aromatic heterocycles. The molecule has 0 aliphatic carbocycles. The summed E-state index contributed by atoms with van der Waals surface area (Å²) >= 11 is 5.92. The Labute approximate surface area is 163 Å². The van der Waals surface area contributed by atoms with E-state index in [4.69, 9.17) is 16.3 Å². The number of ether oxygens (including phenoxy) is 1. The summed E-state index contributed by atoms with van der Waals surface area (Å²) < 4.78 is 4.98. The summed E-state index contributed by atoms with van der Waals surface area (Å²) in [6, 6.07) is 13.1. The second-order valence-electron chi connectivity index (χ2n) is 5.66. The van der Waals surface area contributed by atoms with Gasteiger partial charge in [-0.3, -0.25) is 9.59 Å². The van der Waals surface area contributed by atoms with Crippen molar-refractivity contribution in [2.24, 2.45) is 0 Å². The number of halogens is 1. The van der Waals surface area contributed by atoms with E-state index >= 15 is 0 Å². The predicted octanol–water partition coefficient (Wildman–Crippen LogP) is 3.62. The maximum absolute atomic E-state index is 12.4. The number of esters is 1. The number of hydrogen-bond acceptors (Lipinski definition) is 4. The normalized spacial score (nSPS) is 10.2. The van der Waals surface area contributed by atoms with E-state index in [9.17, 15) is 14.4 Å². The molecule has 0 fully saturated rings. The van der Waals surface area contributed by atoms with Crippen LogP contribution in [0.15, 0.2) is 48.5 Å². The summed E-state index contributed by atoms with van der Waals surface area (Å²) in [4.78, 5) is 38.1. The first kappa shape index (κ1) is 20.5. The lowest BCUT2D eigenvalue weighted by atomic mass is 10.1. The summed E-state index contributed by atoms with van der Waals surface area (Å²) in [6.07, 6.45) is 0. The molecule has 0 radical (unpaired) electrons. The molecule has 2 aromatic rings. The van der Waals surface area contributed by atoms with Gasteiger partial charge in [-0.1, -0.05) is 29.8 Å². The fourth-order valence-corrected chi connectivity index (χ4v) is 2.67. The first-order chi connectivity index (χ1) is 13.0. The summed E-state index contributed by atoms with van der Waals surface area (Å²) in [5.41, 5.74) is 1.12. The van der Waals surface area contributed by atoms with Gasteiger partial charge in [0.05, 0.1) is 10.6 Å². The lowest BCUT2D eigenvalue weighted by Gasteiger charge is -2.19. The molecular weight excluding hydrogens is 368 g/mol. The molecule has 27 heavy (non-hydrogen) atoms. The number of amides is 2. The Hall–Kier alpha value is -2.86. The number of carbonyl (C=O) groups is 3. The second-order valence-corrected chi connectivity index (χ2v) is 6.07. The van der Waals surface area contributed by atoms with Gasteiger partial charge >= 0.3 is 5.97 Å². The van der Waals surface area contributed by atoms with Crippen molar-refractivity contribution >= 4 is 35.1 Å². The highest BCUT2D eigenvalue weighted by Gasteiger charge is 2.15. The Morgan fingerprint density at radius 1 is 1.04 bits per heavy atom. The summed E-state index contributed by atoms with van der Waals surface area (Å²) in [6.45, 7) is 4.55. The molecule has 0 spiro atoms. The molecule has 142 valence electrons. The molecule has 6 nitrogen and oxygen atoms in total. The molecule has 1 N–H and O–H groups in total. The van der Waals surface area contributed by atoms with Gasteiger partial charge < -0.3 is 15.0 Å². The minimum Gasteiger partial charge on any atom is -0.452 e. The van der Waals surface area contributed by atoms with Gasteiger partial charge in [-0.25, -0.2) is 4.79 Å². The quantitative estimate of drug-likeness (QED) is 0.735. The average molecular weight is 389 g/mol. The summed E-state index contributed by atoms with van der Waals surface area (Å²) in [5.74, 6) is -1.30. The molecule has 0 saturated heterocycles. The highest BCUT2D eigenvalue weighted by molar-refractivity contribution is 6.33. The number of carbonyl (C=O) groups excluding carboxylic acids is 3. The van der Waals surface area contributed by atoms with E-state index in [2.05, 4.69) is 5.32 Å². The van der Waals surface area contributed by atoms with E-state index in [1.54, 1.807) is 47.4 Å². The van der Waals surface area contributed by atoms with E-state index in [1.807, 2.05) is 13.8 Å². The molecule has 0 aliphatic rings. The van der Waals surface area contributed by atoms with Crippen LogP contribution in [0.1, 0.15) is 34.6 Å². The Balaban J connectivity index is 1.96. The van der Waals surface area contributed by atoms with E-state index in [0.29, 0.717) is 24.3 Å². The number of anilines is 1. The van der Waals surface area contributed by atoms with E-state index in [1.165, 1.54) is 6.07 Å². The van der Waals surface area contributed by atoms with E-state index in [-0.39, 0.29) is 16.5 Å². The molecule has 0 aliphatic heterocycles. The number of benzene rings is 2. The van der Waals surface area contributed by atoms with Gasteiger partial charge in [0.15, 0.2) is 6.61 Å². The fourth-order valence-electron chi connectivity index (χ4n) is 2.46. The molecule has 2 amide bonds. The largest absolute Gasteiger partial charge is 0.452 e. The first-order valence-electron chi connectivity index (χ1n) is 8.57. The number of hydrogen-bond donors (Lipinski definition) is 1. The van der Waals surface area contributed by atoms with Crippen molar-refractivity contribution in [1.82, 2.24) is 4.90 Å². The van der Waals surface area contributed by atoms with Crippen molar-refractivity contribution in [2.75, 3.05) is 25.0 Å². The van der Waals surface area contributed by atoms with Crippen LogP contribution in [0, 0.1) is 0 Å².